The van der Waals surface area contributed by atoms with Crippen molar-refractivity contribution in [2.45, 2.75) is 25.8 Å². The minimum absolute atomic E-state index is 0.277. The van der Waals surface area contributed by atoms with Gasteiger partial charge in [0, 0.05) is 13.5 Å². The Bertz CT molecular complexity index is 376. The Balaban J connectivity index is 2.94. The number of carboxylic acids is 1. The third-order valence-electron chi connectivity index (χ3n) is 2.23. The first-order valence-corrected chi connectivity index (χ1v) is 5.45. The number of carbonyl (C=O) groups is 1. The van der Waals surface area contributed by atoms with Gasteiger partial charge in [-0.2, -0.15) is 5.10 Å². The van der Waals surface area contributed by atoms with Crippen molar-refractivity contribution in [3.8, 4) is 0 Å². The van der Waals surface area contributed by atoms with Crippen LogP contribution in [0.1, 0.15) is 18.3 Å². The van der Waals surface area contributed by atoms with Gasteiger partial charge in [0.25, 0.3) is 0 Å². The molecule has 0 saturated carbocycles. The Morgan fingerprint density at radius 1 is 1.73 bits per heavy atom. The highest BCUT2D eigenvalue weighted by molar-refractivity contribution is 9.10. The van der Waals surface area contributed by atoms with Crippen molar-refractivity contribution in [3.63, 3.8) is 0 Å². The molecule has 5 nitrogen and oxygen atoms in total. The van der Waals surface area contributed by atoms with E-state index in [4.69, 9.17) is 10.8 Å². The van der Waals surface area contributed by atoms with Crippen molar-refractivity contribution in [2.75, 3.05) is 0 Å². The molecule has 0 bridgehead atoms. The normalized spacial score (nSPS) is 12.8. The predicted octanol–water partition coefficient (Wildman–Crippen LogP) is 0.699. The second-order valence-corrected chi connectivity index (χ2v) is 4.13. The van der Waals surface area contributed by atoms with Gasteiger partial charge >= 0.3 is 5.97 Å². The van der Waals surface area contributed by atoms with Gasteiger partial charge in [-0.05, 0) is 22.4 Å². The Labute approximate surface area is 96.4 Å². The van der Waals surface area contributed by atoms with E-state index in [0.717, 1.165) is 22.3 Å². The molecule has 0 spiro atoms. The molecule has 1 atom stereocenters. The summed E-state index contributed by atoms with van der Waals surface area (Å²) < 4.78 is 2.54. The van der Waals surface area contributed by atoms with Crippen molar-refractivity contribution in [3.05, 3.63) is 15.9 Å². The largest absolute Gasteiger partial charge is 0.480 e. The zero-order valence-electron chi connectivity index (χ0n) is 8.70. The van der Waals surface area contributed by atoms with E-state index in [0.29, 0.717) is 0 Å². The van der Waals surface area contributed by atoms with Crippen molar-refractivity contribution in [1.82, 2.24) is 9.78 Å². The first-order valence-electron chi connectivity index (χ1n) is 4.66. The molecule has 0 saturated heterocycles. The number of hydrogen-bond acceptors (Lipinski definition) is 3. The van der Waals surface area contributed by atoms with Gasteiger partial charge in [-0.15, -0.1) is 0 Å². The van der Waals surface area contributed by atoms with Crippen molar-refractivity contribution >= 4 is 21.9 Å². The quantitative estimate of drug-likeness (QED) is 0.848. The number of rotatable bonds is 4. The minimum atomic E-state index is -0.999. The van der Waals surface area contributed by atoms with E-state index < -0.39 is 12.0 Å². The summed E-state index contributed by atoms with van der Waals surface area (Å²) in [7, 11) is 1.79. The highest BCUT2D eigenvalue weighted by Crippen LogP contribution is 2.22. The predicted molar refractivity (Wildman–Crippen MR) is 59.6 cm³/mol. The maximum absolute atomic E-state index is 10.6. The Morgan fingerprint density at radius 3 is 2.73 bits per heavy atom. The summed E-state index contributed by atoms with van der Waals surface area (Å²) in [5.74, 6) is -0.999. The van der Waals surface area contributed by atoms with Gasteiger partial charge in [-0.3, -0.25) is 9.48 Å². The maximum atomic E-state index is 10.6. The molecular formula is C9H14BrN3O2. The molecular weight excluding hydrogens is 262 g/mol. The Morgan fingerprint density at radius 2 is 2.33 bits per heavy atom. The van der Waals surface area contributed by atoms with E-state index in [1.54, 1.807) is 11.7 Å². The molecule has 0 amide bonds. The first kappa shape index (κ1) is 12.2. The van der Waals surface area contributed by atoms with E-state index >= 15 is 0 Å². The summed E-state index contributed by atoms with van der Waals surface area (Å²) in [6.45, 7) is 1.99. The highest BCUT2D eigenvalue weighted by atomic mass is 79.9. The van der Waals surface area contributed by atoms with Crippen LogP contribution >= 0.6 is 15.9 Å². The number of nitrogens with zero attached hydrogens (tertiary/aromatic N) is 2. The molecule has 0 aliphatic heterocycles. The molecule has 6 heteroatoms. The van der Waals surface area contributed by atoms with Crippen LogP contribution in [-0.2, 0) is 24.7 Å². The average molecular weight is 276 g/mol. The lowest BCUT2D eigenvalue weighted by Crippen LogP contribution is -2.33. The topological polar surface area (TPSA) is 81.1 Å². The highest BCUT2D eigenvalue weighted by Gasteiger charge is 2.19. The fourth-order valence-electron chi connectivity index (χ4n) is 1.34. The number of aryl methyl sites for hydroxylation is 2. The van der Waals surface area contributed by atoms with Crippen LogP contribution in [0.25, 0.3) is 0 Å². The summed E-state index contributed by atoms with van der Waals surface area (Å²) in [6.07, 6.45) is 1.08. The average Bonchev–Trinajstić information content (AvgIpc) is 2.44. The van der Waals surface area contributed by atoms with Crippen molar-refractivity contribution in [2.24, 2.45) is 12.8 Å². The molecule has 1 aromatic heterocycles. The van der Waals surface area contributed by atoms with Gasteiger partial charge in [0.15, 0.2) is 0 Å². The van der Waals surface area contributed by atoms with Crippen LogP contribution in [0.15, 0.2) is 4.47 Å². The van der Waals surface area contributed by atoms with Gasteiger partial charge < -0.3 is 10.8 Å². The van der Waals surface area contributed by atoms with Gasteiger partial charge in [-0.25, -0.2) is 0 Å². The lowest BCUT2D eigenvalue weighted by molar-refractivity contribution is -0.138. The van der Waals surface area contributed by atoms with Gasteiger partial charge in [-0.1, -0.05) is 6.92 Å². The van der Waals surface area contributed by atoms with Crippen LogP contribution in [-0.4, -0.2) is 26.9 Å². The number of carboxylic acid groups (broad SMARTS) is 1. The van der Waals surface area contributed by atoms with Gasteiger partial charge in [0.2, 0.25) is 0 Å². The zero-order chi connectivity index (χ0) is 11.6. The molecule has 15 heavy (non-hydrogen) atoms. The van der Waals surface area contributed by atoms with Gasteiger partial charge in [0.05, 0.1) is 15.9 Å². The molecule has 1 heterocycles. The Hall–Kier alpha value is -0.880. The molecule has 0 aliphatic carbocycles. The number of aromatic nitrogens is 2. The van der Waals surface area contributed by atoms with Crippen LogP contribution in [0.4, 0.5) is 0 Å². The molecule has 3 N–H and O–H groups in total. The molecule has 0 fully saturated rings. The Kier molecular flexibility index (Phi) is 3.87. The summed E-state index contributed by atoms with van der Waals surface area (Å²) in [6, 6.07) is -0.888. The van der Waals surface area contributed by atoms with E-state index in [1.165, 1.54) is 0 Å². The number of halogens is 1. The SMILES string of the molecule is CCc1nn(C)c(C[C@@H](N)C(=O)O)c1Br. The molecule has 1 aromatic rings. The third kappa shape index (κ3) is 2.57. The van der Waals surface area contributed by atoms with Crippen LogP contribution in [0, 0.1) is 0 Å². The second-order valence-electron chi connectivity index (χ2n) is 3.33. The summed E-state index contributed by atoms with van der Waals surface area (Å²) in [4.78, 5) is 10.6. The van der Waals surface area contributed by atoms with Crippen LogP contribution in [0.3, 0.4) is 0 Å². The number of nitrogens with two attached hydrogens (primary N) is 1. The van der Waals surface area contributed by atoms with Crippen molar-refractivity contribution in [1.29, 1.82) is 0 Å². The third-order valence-corrected chi connectivity index (χ3v) is 3.15. The summed E-state index contributed by atoms with van der Waals surface area (Å²) >= 11 is 3.41. The lowest BCUT2D eigenvalue weighted by atomic mass is 10.1. The van der Waals surface area contributed by atoms with Crippen LogP contribution < -0.4 is 5.73 Å². The maximum Gasteiger partial charge on any atom is 0.320 e. The molecule has 1 rings (SSSR count). The van der Waals surface area contributed by atoms with Crippen molar-refractivity contribution < 1.29 is 9.90 Å². The van der Waals surface area contributed by atoms with E-state index in [1.807, 2.05) is 6.92 Å². The fraction of sp³-hybridized carbons (Fsp3) is 0.556. The minimum Gasteiger partial charge on any atom is -0.480 e. The molecule has 0 aromatic carbocycles. The molecule has 0 aliphatic rings. The van der Waals surface area contributed by atoms with Crippen LogP contribution in [0.2, 0.25) is 0 Å². The smallest absolute Gasteiger partial charge is 0.320 e. The fourth-order valence-corrected chi connectivity index (χ4v) is 2.12. The second kappa shape index (κ2) is 4.76. The summed E-state index contributed by atoms with van der Waals surface area (Å²) in [5, 5.41) is 13.0. The zero-order valence-corrected chi connectivity index (χ0v) is 10.3. The molecule has 84 valence electrons. The first-order chi connectivity index (χ1) is 6.97. The van der Waals surface area contributed by atoms with Gasteiger partial charge in [0.1, 0.15) is 6.04 Å². The van der Waals surface area contributed by atoms with E-state index in [-0.39, 0.29) is 6.42 Å². The number of hydrogen-bond donors (Lipinski definition) is 2. The van der Waals surface area contributed by atoms with E-state index in [9.17, 15) is 4.79 Å². The van der Waals surface area contributed by atoms with Crippen LogP contribution in [0.5, 0.6) is 0 Å². The monoisotopic (exact) mass is 275 g/mol. The lowest BCUT2D eigenvalue weighted by Gasteiger charge is -2.06. The summed E-state index contributed by atoms with van der Waals surface area (Å²) in [5.41, 5.74) is 7.22. The standard InChI is InChI=1S/C9H14BrN3O2/c1-3-6-8(10)7(13(2)12-6)4-5(11)9(14)15/h5H,3-4,11H2,1-2H3,(H,14,15)/t5-/m1/s1. The number of aliphatic carboxylic acids is 1. The molecule has 0 unspecified atom stereocenters. The molecule has 0 radical (unpaired) electrons. The van der Waals surface area contributed by atoms with E-state index in [2.05, 4.69) is 21.0 Å².